The number of carbonyl (C=O) groups excluding carboxylic acids is 1. The lowest BCUT2D eigenvalue weighted by atomic mass is 10.2. The molecule has 0 atom stereocenters. The number of rotatable bonds is 5. The van der Waals surface area contributed by atoms with Crippen LogP contribution >= 0.6 is 11.6 Å². The summed E-state index contributed by atoms with van der Waals surface area (Å²) in [4.78, 5) is 13.7. The normalized spacial score (nSPS) is 14.6. The fraction of sp³-hybridized carbons (Fsp3) is 0.278. The fourth-order valence-electron chi connectivity index (χ4n) is 2.86. The first-order valence-electron chi connectivity index (χ1n) is 8.09. The quantitative estimate of drug-likeness (QED) is 0.840. The maximum absolute atomic E-state index is 12.8. The Hall–Kier alpha value is -2.25. The molecule has 1 saturated heterocycles. The topological polar surface area (TPSA) is 75.7 Å². The van der Waals surface area contributed by atoms with E-state index in [1.54, 1.807) is 36.1 Å². The van der Waals surface area contributed by atoms with Crippen molar-refractivity contribution >= 4 is 38.9 Å². The number of aryl methyl sites for hydroxylation is 1. The number of methoxy groups -OCH3 is 1. The Balaban J connectivity index is 2.00. The van der Waals surface area contributed by atoms with Gasteiger partial charge in [-0.2, -0.15) is 0 Å². The van der Waals surface area contributed by atoms with Crippen molar-refractivity contribution in [3.63, 3.8) is 0 Å². The molecule has 0 bridgehead atoms. The lowest BCUT2D eigenvalue weighted by molar-refractivity contribution is -0.117. The number of amides is 1. The molecule has 0 radical (unpaired) electrons. The number of nitrogens with zero attached hydrogens (tertiary/aromatic N) is 1. The van der Waals surface area contributed by atoms with Gasteiger partial charge < -0.3 is 9.64 Å². The van der Waals surface area contributed by atoms with Gasteiger partial charge in [-0.1, -0.05) is 17.7 Å². The molecule has 2 aromatic carbocycles. The molecule has 6 nitrogen and oxygen atoms in total. The first kappa shape index (κ1) is 18.5. The van der Waals surface area contributed by atoms with Crippen LogP contribution in [0.1, 0.15) is 18.4 Å². The number of hydrogen-bond acceptors (Lipinski definition) is 4. The highest BCUT2D eigenvalue weighted by Gasteiger charge is 2.26. The van der Waals surface area contributed by atoms with Gasteiger partial charge in [0.15, 0.2) is 0 Å². The van der Waals surface area contributed by atoms with Gasteiger partial charge in [-0.05, 0) is 49.2 Å². The molecule has 2 aromatic rings. The van der Waals surface area contributed by atoms with E-state index in [9.17, 15) is 13.2 Å². The average molecular weight is 395 g/mol. The van der Waals surface area contributed by atoms with Crippen molar-refractivity contribution in [2.45, 2.75) is 24.7 Å². The lowest BCUT2D eigenvalue weighted by Crippen LogP contribution is -2.25. The van der Waals surface area contributed by atoms with Gasteiger partial charge in [0, 0.05) is 18.0 Å². The number of ether oxygens (including phenoxy) is 1. The van der Waals surface area contributed by atoms with E-state index in [2.05, 4.69) is 4.72 Å². The van der Waals surface area contributed by atoms with E-state index in [0.29, 0.717) is 35.1 Å². The predicted molar refractivity (Wildman–Crippen MR) is 102 cm³/mol. The van der Waals surface area contributed by atoms with E-state index in [0.717, 1.165) is 12.0 Å². The standard InChI is InChI=1S/C18H19ClN2O4S/c1-12-5-6-13(19)10-15(12)20-26(23,24)14-7-8-17(25-2)16(11-14)21-9-3-4-18(21)22/h5-8,10-11,20H,3-4,9H2,1-2H3. The van der Waals surface area contributed by atoms with Gasteiger partial charge in [-0.25, -0.2) is 8.42 Å². The summed E-state index contributed by atoms with van der Waals surface area (Å²) in [6.07, 6.45) is 1.18. The van der Waals surface area contributed by atoms with Crippen LogP contribution in [0.5, 0.6) is 5.75 Å². The maximum atomic E-state index is 12.8. The zero-order valence-corrected chi connectivity index (χ0v) is 16.0. The largest absolute Gasteiger partial charge is 0.495 e. The predicted octanol–water partition coefficient (Wildman–Crippen LogP) is 3.58. The van der Waals surface area contributed by atoms with Crippen LogP contribution < -0.4 is 14.4 Å². The van der Waals surface area contributed by atoms with E-state index in [4.69, 9.17) is 16.3 Å². The summed E-state index contributed by atoms with van der Waals surface area (Å²) in [6, 6.07) is 9.46. The van der Waals surface area contributed by atoms with Crippen LogP contribution in [0.2, 0.25) is 5.02 Å². The zero-order chi connectivity index (χ0) is 18.9. The molecule has 138 valence electrons. The monoisotopic (exact) mass is 394 g/mol. The number of halogens is 1. The minimum atomic E-state index is -3.85. The van der Waals surface area contributed by atoms with E-state index in [-0.39, 0.29) is 10.8 Å². The molecule has 0 aliphatic carbocycles. The van der Waals surface area contributed by atoms with Crippen molar-refractivity contribution in [2.24, 2.45) is 0 Å². The number of anilines is 2. The SMILES string of the molecule is COc1ccc(S(=O)(=O)Nc2cc(Cl)ccc2C)cc1N1CCCC1=O. The summed E-state index contributed by atoms with van der Waals surface area (Å²) in [5.74, 6) is 0.412. The van der Waals surface area contributed by atoms with E-state index >= 15 is 0 Å². The van der Waals surface area contributed by atoms with Gasteiger partial charge >= 0.3 is 0 Å². The highest BCUT2D eigenvalue weighted by Crippen LogP contribution is 2.34. The Morgan fingerprint density at radius 1 is 1.19 bits per heavy atom. The average Bonchev–Trinajstić information content (AvgIpc) is 3.03. The Morgan fingerprint density at radius 2 is 1.96 bits per heavy atom. The smallest absolute Gasteiger partial charge is 0.261 e. The third kappa shape index (κ3) is 3.64. The van der Waals surface area contributed by atoms with Crippen LogP contribution in [0.15, 0.2) is 41.3 Å². The zero-order valence-electron chi connectivity index (χ0n) is 14.5. The van der Waals surface area contributed by atoms with Gasteiger partial charge in [0.05, 0.1) is 23.4 Å². The fourth-order valence-corrected chi connectivity index (χ4v) is 4.17. The van der Waals surface area contributed by atoms with Crippen LogP contribution in [0.3, 0.4) is 0 Å². The van der Waals surface area contributed by atoms with Crippen molar-refractivity contribution in [2.75, 3.05) is 23.3 Å². The van der Waals surface area contributed by atoms with E-state index < -0.39 is 10.0 Å². The number of nitrogens with one attached hydrogen (secondary N) is 1. The summed E-state index contributed by atoms with van der Waals surface area (Å²) >= 11 is 5.96. The summed E-state index contributed by atoms with van der Waals surface area (Å²) in [7, 11) is -2.36. The van der Waals surface area contributed by atoms with Crippen molar-refractivity contribution in [1.29, 1.82) is 0 Å². The maximum Gasteiger partial charge on any atom is 0.261 e. The minimum absolute atomic E-state index is 0.0449. The first-order valence-corrected chi connectivity index (χ1v) is 9.95. The summed E-state index contributed by atoms with van der Waals surface area (Å²) < 4.78 is 33.5. The molecule has 3 rings (SSSR count). The van der Waals surface area contributed by atoms with Crippen LogP contribution in [-0.2, 0) is 14.8 Å². The molecule has 0 spiro atoms. The molecule has 8 heteroatoms. The second-order valence-electron chi connectivity index (χ2n) is 6.05. The van der Waals surface area contributed by atoms with Crippen molar-refractivity contribution in [1.82, 2.24) is 0 Å². The number of carbonyl (C=O) groups is 1. The highest BCUT2D eigenvalue weighted by molar-refractivity contribution is 7.92. The molecule has 26 heavy (non-hydrogen) atoms. The van der Waals surface area contributed by atoms with Crippen LogP contribution in [0, 0.1) is 6.92 Å². The summed E-state index contributed by atoms with van der Waals surface area (Å²) in [5, 5.41) is 0.436. The number of hydrogen-bond donors (Lipinski definition) is 1. The molecule has 0 saturated carbocycles. The molecule has 1 aliphatic heterocycles. The Labute approximate surface area is 157 Å². The van der Waals surface area contributed by atoms with Gasteiger partial charge in [-0.15, -0.1) is 0 Å². The molecule has 1 heterocycles. The van der Waals surface area contributed by atoms with Crippen molar-refractivity contribution in [3.05, 3.63) is 47.0 Å². The van der Waals surface area contributed by atoms with Crippen LogP contribution in [-0.4, -0.2) is 28.0 Å². The second kappa shape index (κ2) is 7.17. The van der Waals surface area contributed by atoms with Crippen LogP contribution in [0.25, 0.3) is 0 Å². The van der Waals surface area contributed by atoms with E-state index in [1.807, 2.05) is 0 Å². The third-order valence-corrected chi connectivity index (χ3v) is 5.87. The van der Waals surface area contributed by atoms with E-state index in [1.165, 1.54) is 19.2 Å². The van der Waals surface area contributed by atoms with Gasteiger partial charge in [0.1, 0.15) is 5.75 Å². The molecule has 1 aliphatic rings. The Kier molecular flexibility index (Phi) is 5.11. The molecular weight excluding hydrogens is 376 g/mol. The second-order valence-corrected chi connectivity index (χ2v) is 8.17. The highest BCUT2D eigenvalue weighted by atomic mass is 35.5. The molecule has 1 N–H and O–H groups in total. The third-order valence-electron chi connectivity index (χ3n) is 4.27. The molecule has 1 amide bonds. The molecule has 0 aromatic heterocycles. The summed E-state index contributed by atoms with van der Waals surface area (Å²) in [5.41, 5.74) is 1.62. The van der Waals surface area contributed by atoms with Gasteiger partial charge in [-0.3, -0.25) is 9.52 Å². The minimum Gasteiger partial charge on any atom is -0.495 e. The molecular formula is C18H19ClN2O4S. The van der Waals surface area contributed by atoms with Gasteiger partial charge in [0.2, 0.25) is 5.91 Å². The van der Waals surface area contributed by atoms with Crippen LogP contribution in [0.4, 0.5) is 11.4 Å². The number of sulfonamides is 1. The van der Waals surface area contributed by atoms with Crippen molar-refractivity contribution in [3.8, 4) is 5.75 Å². The van der Waals surface area contributed by atoms with Crippen molar-refractivity contribution < 1.29 is 17.9 Å². The Morgan fingerprint density at radius 3 is 2.62 bits per heavy atom. The number of benzene rings is 2. The first-order chi connectivity index (χ1) is 12.3. The lowest BCUT2D eigenvalue weighted by Gasteiger charge is -2.20. The molecule has 0 unspecified atom stereocenters. The Bertz CT molecular complexity index is 960. The van der Waals surface area contributed by atoms with Gasteiger partial charge in [0.25, 0.3) is 10.0 Å². The molecule has 1 fully saturated rings. The summed E-state index contributed by atoms with van der Waals surface area (Å²) in [6.45, 7) is 2.33.